The van der Waals surface area contributed by atoms with Gasteiger partial charge in [0.2, 0.25) is 5.91 Å². The summed E-state index contributed by atoms with van der Waals surface area (Å²) in [6.07, 6.45) is 0.281. The Morgan fingerprint density at radius 1 is 1.19 bits per heavy atom. The molecule has 1 fully saturated rings. The minimum Gasteiger partial charge on any atom is -0.497 e. The highest BCUT2D eigenvalue weighted by Gasteiger charge is 2.31. The monoisotopic (exact) mass is 354 g/mol. The zero-order chi connectivity index (χ0) is 18.5. The number of amides is 2. The molecule has 3 rings (SSSR count). The van der Waals surface area contributed by atoms with Crippen LogP contribution in [0.15, 0.2) is 48.5 Å². The van der Waals surface area contributed by atoms with Crippen molar-refractivity contribution in [2.45, 2.75) is 19.4 Å². The van der Waals surface area contributed by atoms with Crippen LogP contribution in [0, 0.1) is 0 Å². The van der Waals surface area contributed by atoms with Crippen molar-refractivity contribution < 1.29 is 19.1 Å². The van der Waals surface area contributed by atoms with E-state index in [0.29, 0.717) is 24.5 Å². The van der Waals surface area contributed by atoms with Gasteiger partial charge in [-0.15, -0.1) is 0 Å². The van der Waals surface area contributed by atoms with Crippen molar-refractivity contribution in [2.24, 2.45) is 0 Å². The number of hydrogen-bond donors (Lipinski definition) is 1. The molecule has 1 saturated heterocycles. The standard InChI is InChI=1S/C20H22N2O4/c1-3-26-17-9-7-16(8-10-17)22-13-15(12-19(22)23)21-20(24)14-5-4-6-18(11-14)25-2/h4-11,15H,3,12-13H2,1-2H3,(H,21,24)/t15-/m1/s1. The van der Waals surface area contributed by atoms with Gasteiger partial charge in [-0.25, -0.2) is 0 Å². The van der Waals surface area contributed by atoms with Gasteiger partial charge in [0, 0.05) is 24.2 Å². The van der Waals surface area contributed by atoms with E-state index in [2.05, 4.69) is 5.32 Å². The summed E-state index contributed by atoms with van der Waals surface area (Å²) < 4.78 is 10.6. The smallest absolute Gasteiger partial charge is 0.251 e. The molecule has 0 aliphatic carbocycles. The fourth-order valence-corrected chi connectivity index (χ4v) is 2.98. The van der Waals surface area contributed by atoms with Gasteiger partial charge in [-0.05, 0) is 49.4 Å². The number of methoxy groups -OCH3 is 1. The van der Waals surface area contributed by atoms with Gasteiger partial charge in [-0.1, -0.05) is 6.07 Å². The van der Waals surface area contributed by atoms with Crippen molar-refractivity contribution in [2.75, 3.05) is 25.2 Å². The normalized spacial score (nSPS) is 16.5. The third-order valence-corrected chi connectivity index (χ3v) is 4.25. The lowest BCUT2D eigenvalue weighted by Gasteiger charge is -2.18. The first-order valence-electron chi connectivity index (χ1n) is 8.59. The van der Waals surface area contributed by atoms with Crippen LogP contribution >= 0.6 is 0 Å². The molecule has 26 heavy (non-hydrogen) atoms. The van der Waals surface area contributed by atoms with Gasteiger partial charge in [0.15, 0.2) is 0 Å². The molecule has 136 valence electrons. The quantitative estimate of drug-likeness (QED) is 0.866. The van der Waals surface area contributed by atoms with Gasteiger partial charge in [0.05, 0.1) is 19.8 Å². The Balaban J connectivity index is 1.64. The molecule has 1 atom stereocenters. The van der Waals surface area contributed by atoms with Crippen molar-refractivity contribution in [3.05, 3.63) is 54.1 Å². The summed E-state index contributed by atoms with van der Waals surface area (Å²) in [7, 11) is 1.56. The molecule has 0 saturated carbocycles. The second-order valence-electron chi connectivity index (χ2n) is 6.04. The molecule has 1 aliphatic heterocycles. The average Bonchev–Trinajstić information content (AvgIpc) is 3.02. The molecule has 2 aromatic carbocycles. The van der Waals surface area contributed by atoms with E-state index in [1.165, 1.54) is 0 Å². The maximum atomic E-state index is 12.4. The number of benzene rings is 2. The van der Waals surface area contributed by atoms with Crippen molar-refractivity contribution in [3.8, 4) is 11.5 Å². The van der Waals surface area contributed by atoms with Crippen LogP contribution in [0.25, 0.3) is 0 Å². The summed E-state index contributed by atoms with van der Waals surface area (Å²) in [6.45, 7) is 2.97. The van der Waals surface area contributed by atoms with Crippen LogP contribution < -0.4 is 19.7 Å². The molecule has 0 bridgehead atoms. The van der Waals surface area contributed by atoms with Crippen molar-refractivity contribution in [1.82, 2.24) is 5.32 Å². The Hall–Kier alpha value is -3.02. The fraction of sp³-hybridized carbons (Fsp3) is 0.300. The third-order valence-electron chi connectivity index (χ3n) is 4.25. The van der Waals surface area contributed by atoms with Crippen molar-refractivity contribution in [1.29, 1.82) is 0 Å². The Kier molecular flexibility index (Phi) is 5.41. The predicted octanol–water partition coefficient (Wildman–Crippen LogP) is 2.63. The van der Waals surface area contributed by atoms with Crippen LogP contribution in [0.1, 0.15) is 23.7 Å². The second-order valence-corrected chi connectivity index (χ2v) is 6.04. The lowest BCUT2D eigenvalue weighted by atomic mass is 10.1. The first-order chi connectivity index (χ1) is 12.6. The summed E-state index contributed by atoms with van der Waals surface area (Å²) in [5.74, 6) is 1.17. The minimum absolute atomic E-state index is 0.00916. The molecular formula is C20H22N2O4. The van der Waals surface area contributed by atoms with Gasteiger partial charge in [-0.2, -0.15) is 0 Å². The first-order valence-corrected chi connectivity index (χ1v) is 8.59. The summed E-state index contributed by atoms with van der Waals surface area (Å²) in [4.78, 5) is 26.4. The van der Waals surface area contributed by atoms with Crippen LogP contribution in [0.3, 0.4) is 0 Å². The number of nitrogens with zero attached hydrogens (tertiary/aromatic N) is 1. The van der Waals surface area contributed by atoms with E-state index in [1.807, 2.05) is 31.2 Å². The van der Waals surface area contributed by atoms with E-state index in [0.717, 1.165) is 11.4 Å². The number of carbonyl (C=O) groups excluding carboxylic acids is 2. The lowest BCUT2D eigenvalue weighted by molar-refractivity contribution is -0.117. The Morgan fingerprint density at radius 3 is 2.65 bits per heavy atom. The predicted molar refractivity (Wildman–Crippen MR) is 98.8 cm³/mol. The average molecular weight is 354 g/mol. The largest absolute Gasteiger partial charge is 0.497 e. The molecule has 0 radical (unpaired) electrons. The number of rotatable bonds is 6. The van der Waals surface area contributed by atoms with Crippen LogP contribution in [0.4, 0.5) is 5.69 Å². The Labute approximate surface area is 152 Å². The number of anilines is 1. The summed E-state index contributed by atoms with van der Waals surface area (Å²) in [5.41, 5.74) is 1.31. The van der Waals surface area contributed by atoms with Crippen LogP contribution in [-0.4, -0.2) is 38.1 Å². The van der Waals surface area contributed by atoms with E-state index >= 15 is 0 Å². The Bertz CT molecular complexity index is 789. The molecule has 2 aromatic rings. The molecule has 0 aromatic heterocycles. The number of carbonyl (C=O) groups is 2. The van der Waals surface area contributed by atoms with E-state index in [1.54, 1.807) is 36.3 Å². The van der Waals surface area contributed by atoms with E-state index in [9.17, 15) is 9.59 Å². The van der Waals surface area contributed by atoms with E-state index < -0.39 is 0 Å². The highest BCUT2D eigenvalue weighted by molar-refractivity contribution is 5.99. The molecule has 0 spiro atoms. The van der Waals surface area contributed by atoms with E-state index in [-0.39, 0.29) is 24.3 Å². The molecule has 1 N–H and O–H groups in total. The van der Waals surface area contributed by atoms with Crippen LogP contribution in [0.2, 0.25) is 0 Å². The van der Waals surface area contributed by atoms with Crippen LogP contribution in [0.5, 0.6) is 11.5 Å². The highest BCUT2D eigenvalue weighted by atomic mass is 16.5. The molecule has 1 heterocycles. The summed E-state index contributed by atoms with van der Waals surface area (Å²) >= 11 is 0. The summed E-state index contributed by atoms with van der Waals surface area (Å²) in [5, 5.41) is 2.93. The molecular weight excluding hydrogens is 332 g/mol. The zero-order valence-electron chi connectivity index (χ0n) is 14.9. The lowest BCUT2D eigenvalue weighted by Crippen LogP contribution is -2.37. The first kappa shape index (κ1) is 17.8. The molecule has 6 nitrogen and oxygen atoms in total. The van der Waals surface area contributed by atoms with Gasteiger partial charge in [0.1, 0.15) is 11.5 Å². The maximum absolute atomic E-state index is 12.4. The molecule has 1 aliphatic rings. The topological polar surface area (TPSA) is 67.9 Å². The molecule has 2 amide bonds. The number of ether oxygens (including phenoxy) is 2. The van der Waals surface area contributed by atoms with Gasteiger partial charge >= 0.3 is 0 Å². The Morgan fingerprint density at radius 2 is 1.96 bits per heavy atom. The number of hydrogen-bond acceptors (Lipinski definition) is 4. The zero-order valence-corrected chi connectivity index (χ0v) is 14.9. The van der Waals surface area contributed by atoms with Crippen molar-refractivity contribution in [3.63, 3.8) is 0 Å². The van der Waals surface area contributed by atoms with Gasteiger partial charge < -0.3 is 19.7 Å². The number of nitrogens with one attached hydrogen (secondary N) is 1. The second kappa shape index (κ2) is 7.91. The minimum atomic E-state index is -0.229. The van der Waals surface area contributed by atoms with Gasteiger partial charge in [0.25, 0.3) is 5.91 Å². The highest BCUT2D eigenvalue weighted by Crippen LogP contribution is 2.24. The maximum Gasteiger partial charge on any atom is 0.251 e. The van der Waals surface area contributed by atoms with Crippen LogP contribution in [-0.2, 0) is 4.79 Å². The molecule has 0 unspecified atom stereocenters. The van der Waals surface area contributed by atoms with E-state index in [4.69, 9.17) is 9.47 Å². The SMILES string of the molecule is CCOc1ccc(N2C[C@H](NC(=O)c3cccc(OC)c3)CC2=O)cc1. The molecule has 6 heteroatoms. The van der Waals surface area contributed by atoms with Crippen molar-refractivity contribution >= 4 is 17.5 Å². The fourth-order valence-electron chi connectivity index (χ4n) is 2.98. The summed E-state index contributed by atoms with van der Waals surface area (Å²) in [6, 6.07) is 14.1. The van der Waals surface area contributed by atoms with Gasteiger partial charge in [-0.3, -0.25) is 9.59 Å². The third kappa shape index (κ3) is 3.96.